The number of pyridine rings is 1. The van der Waals surface area contributed by atoms with Crippen LogP contribution in [0.15, 0.2) is 66.9 Å². The number of amides is 2. The molecule has 1 saturated heterocycles. The maximum atomic E-state index is 13.8. The van der Waals surface area contributed by atoms with Crippen molar-refractivity contribution in [2.75, 3.05) is 30.8 Å². The molecule has 2 atom stereocenters. The summed E-state index contributed by atoms with van der Waals surface area (Å²) in [7, 11) is 1.49. The lowest BCUT2D eigenvalue weighted by molar-refractivity contribution is -0.164. The van der Waals surface area contributed by atoms with Crippen LogP contribution in [0.2, 0.25) is 0 Å². The molecule has 48 heavy (non-hydrogen) atoms. The molecule has 3 aromatic rings. The van der Waals surface area contributed by atoms with E-state index in [1.165, 1.54) is 12.0 Å². The molecule has 1 aromatic heterocycles. The van der Waals surface area contributed by atoms with Gasteiger partial charge < -0.3 is 25.0 Å². The summed E-state index contributed by atoms with van der Waals surface area (Å²) < 4.78 is 11.5. The van der Waals surface area contributed by atoms with Crippen LogP contribution < -0.4 is 15.4 Å². The van der Waals surface area contributed by atoms with Crippen molar-refractivity contribution in [2.24, 2.45) is 5.41 Å². The van der Waals surface area contributed by atoms with E-state index in [-0.39, 0.29) is 12.5 Å². The van der Waals surface area contributed by atoms with Crippen LogP contribution in [0.5, 0.6) is 5.75 Å². The number of nitrogens with zero attached hydrogens (tertiary/aromatic N) is 2. The van der Waals surface area contributed by atoms with Gasteiger partial charge in [-0.15, -0.1) is 0 Å². The lowest BCUT2D eigenvalue weighted by atomic mass is 9.84. The molecule has 11 heteroatoms. The molecule has 0 aliphatic carbocycles. The number of methoxy groups -OCH3 is 1. The number of piperidine rings is 1. The maximum absolute atomic E-state index is 13.8. The van der Waals surface area contributed by atoms with Crippen LogP contribution in [0.25, 0.3) is 0 Å². The summed E-state index contributed by atoms with van der Waals surface area (Å²) in [4.78, 5) is 70.0. The van der Waals surface area contributed by atoms with Crippen LogP contribution in [-0.2, 0) is 30.3 Å². The molecule has 0 unspecified atom stereocenters. The predicted molar refractivity (Wildman–Crippen MR) is 182 cm³/mol. The van der Waals surface area contributed by atoms with E-state index >= 15 is 0 Å². The van der Waals surface area contributed by atoms with E-state index in [2.05, 4.69) is 15.6 Å². The fourth-order valence-electron chi connectivity index (χ4n) is 5.48. The Balaban J connectivity index is 1.55. The third-order valence-electron chi connectivity index (χ3n) is 8.74. The summed E-state index contributed by atoms with van der Waals surface area (Å²) in [6.45, 7) is 5.62. The molecule has 4 rings (SSSR count). The molecular weight excluding hydrogens is 612 g/mol. The van der Waals surface area contributed by atoms with Gasteiger partial charge in [0.15, 0.2) is 6.29 Å². The zero-order valence-electron chi connectivity index (χ0n) is 28.0. The summed E-state index contributed by atoms with van der Waals surface area (Å²) >= 11 is 0. The second-order valence-electron chi connectivity index (χ2n) is 12.5. The summed E-state index contributed by atoms with van der Waals surface area (Å²) in [6.07, 6.45) is 4.72. The second kappa shape index (κ2) is 16.7. The van der Waals surface area contributed by atoms with E-state index < -0.39 is 35.2 Å². The molecule has 2 aromatic carbocycles. The van der Waals surface area contributed by atoms with Crippen LogP contribution >= 0.6 is 0 Å². The first-order valence-corrected chi connectivity index (χ1v) is 16.3. The van der Waals surface area contributed by atoms with E-state index in [1.54, 1.807) is 62.5 Å². The molecule has 2 amide bonds. The van der Waals surface area contributed by atoms with Gasteiger partial charge in [0.1, 0.15) is 23.7 Å². The van der Waals surface area contributed by atoms with Gasteiger partial charge in [-0.2, -0.15) is 0 Å². The van der Waals surface area contributed by atoms with Crippen LogP contribution in [0, 0.1) is 5.41 Å². The predicted octanol–water partition coefficient (Wildman–Crippen LogP) is 5.56. The van der Waals surface area contributed by atoms with Crippen molar-refractivity contribution in [3.63, 3.8) is 0 Å². The van der Waals surface area contributed by atoms with Gasteiger partial charge in [0.25, 0.3) is 5.91 Å². The third kappa shape index (κ3) is 9.27. The average molecular weight is 657 g/mol. The highest BCUT2D eigenvalue weighted by molar-refractivity contribution is 6.38. The fraction of sp³-hybridized carbons (Fsp3) is 0.405. The van der Waals surface area contributed by atoms with Gasteiger partial charge in [-0.1, -0.05) is 45.0 Å². The summed E-state index contributed by atoms with van der Waals surface area (Å²) in [5.41, 5.74) is 1.61. The van der Waals surface area contributed by atoms with E-state index in [9.17, 15) is 24.0 Å². The Morgan fingerprint density at radius 2 is 1.88 bits per heavy atom. The Labute approximate surface area is 281 Å². The third-order valence-corrected chi connectivity index (χ3v) is 8.74. The monoisotopic (exact) mass is 656 g/mol. The molecule has 0 saturated carbocycles. The molecule has 1 aliphatic heterocycles. The minimum atomic E-state index is -0.891. The molecule has 2 N–H and O–H groups in total. The van der Waals surface area contributed by atoms with E-state index in [0.29, 0.717) is 67.0 Å². The number of ketones is 1. The number of hydrogen-bond acceptors (Lipinski definition) is 9. The van der Waals surface area contributed by atoms with Gasteiger partial charge in [-0.3, -0.25) is 19.2 Å². The van der Waals surface area contributed by atoms with E-state index in [1.807, 2.05) is 25.1 Å². The fourth-order valence-corrected chi connectivity index (χ4v) is 5.48. The van der Waals surface area contributed by atoms with Crippen molar-refractivity contribution in [2.45, 2.75) is 71.4 Å². The second-order valence-corrected chi connectivity index (χ2v) is 12.5. The molecule has 2 heterocycles. The molecule has 1 aliphatic rings. The molecule has 11 nitrogen and oxygen atoms in total. The number of Topliss-reactive ketones (excluding diaryl/α,β-unsaturated/α-hetero) is 1. The first-order chi connectivity index (χ1) is 23.1. The molecular formula is C37H44N4O7. The number of ether oxygens (including phenoxy) is 2. The average Bonchev–Trinajstić information content (AvgIpc) is 3.12. The Morgan fingerprint density at radius 3 is 2.58 bits per heavy atom. The van der Waals surface area contributed by atoms with Crippen LogP contribution in [0.4, 0.5) is 11.5 Å². The van der Waals surface area contributed by atoms with Crippen LogP contribution in [0.3, 0.4) is 0 Å². The minimum absolute atomic E-state index is 0.00261. The van der Waals surface area contributed by atoms with E-state index in [4.69, 9.17) is 9.47 Å². The Morgan fingerprint density at radius 1 is 1.06 bits per heavy atom. The standard InChI is InChI=1S/C37H44N4O7/c1-5-37(2,3)34(44)35(45)41-20-9-7-13-29(41)36(46)48-30(18-16-25-15-17-27(24-42)31(21-25)47-4)26-11-10-12-28(22-26)40-33(43)23-39-32-14-6-8-19-38-32/h6,8,10-12,14-15,17,19,21-22,24,29-30H,5,7,9,13,16,18,20,23H2,1-4H3,(H,38,39)(H,40,43)/t29-,30+/m0/s1. The smallest absolute Gasteiger partial charge is 0.329 e. The number of likely N-dealkylation sites (tertiary alicyclic amines) is 1. The Bertz CT molecular complexity index is 1610. The molecule has 1 fully saturated rings. The highest BCUT2D eigenvalue weighted by Crippen LogP contribution is 2.31. The lowest BCUT2D eigenvalue weighted by Crippen LogP contribution is -2.53. The van der Waals surface area contributed by atoms with Gasteiger partial charge in [0, 0.05) is 23.8 Å². The van der Waals surface area contributed by atoms with Crippen molar-refractivity contribution < 1.29 is 33.4 Å². The molecule has 0 bridgehead atoms. The minimum Gasteiger partial charge on any atom is -0.496 e. The van der Waals surface area contributed by atoms with Crippen LogP contribution in [0.1, 0.15) is 80.5 Å². The van der Waals surface area contributed by atoms with Crippen molar-refractivity contribution in [3.05, 3.63) is 83.6 Å². The molecule has 0 radical (unpaired) electrons. The number of aromatic nitrogens is 1. The van der Waals surface area contributed by atoms with Gasteiger partial charge in [0.05, 0.1) is 19.2 Å². The van der Waals surface area contributed by atoms with Gasteiger partial charge >= 0.3 is 5.97 Å². The largest absolute Gasteiger partial charge is 0.496 e. The number of nitrogens with one attached hydrogen (secondary N) is 2. The van der Waals surface area contributed by atoms with Gasteiger partial charge in [-0.05, 0) is 86.1 Å². The number of carbonyl (C=O) groups excluding carboxylic acids is 5. The number of carbonyl (C=O) groups is 5. The normalized spacial score (nSPS) is 15.2. The Hall–Kier alpha value is -5.06. The number of benzene rings is 2. The SMILES string of the molecule is CCC(C)(C)C(=O)C(=O)N1CCCC[C@H]1C(=O)O[C@H](CCc1ccc(C=O)c(OC)c1)c1cccc(NC(=O)CNc2ccccn2)c1. The molecule has 254 valence electrons. The maximum Gasteiger partial charge on any atom is 0.329 e. The Kier molecular flexibility index (Phi) is 12.4. The van der Waals surface area contributed by atoms with Crippen molar-refractivity contribution in [1.29, 1.82) is 0 Å². The van der Waals surface area contributed by atoms with Crippen molar-refractivity contribution >= 4 is 41.4 Å². The summed E-state index contributed by atoms with van der Waals surface area (Å²) in [5, 5.41) is 5.84. The highest BCUT2D eigenvalue weighted by Gasteiger charge is 2.41. The first-order valence-electron chi connectivity index (χ1n) is 16.3. The number of anilines is 2. The lowest BCUT2D eigenvalue weighted by Gasteiger charge is -2.36. The van der Waals surface area contributed by atoms with Gasteiger partial charge in [-0.25, -0.2) is 9.78 Å². The number of aryl methyl sites for hydroxylation is 1. The molecule has 0 spiro atoms. The zero-order valence-corrected chi connectivity index (χ0v) is 28.0. The summed E-state index contributed by atoms with van der Waals surface area (Å²) in [5.74, 6) is -1.04. The van der Waals surface area contributed by atoms with Crippen molar-refractivity contribution in [1.82, 2.24) is 9.88 Å². The number of aldehydes is 1. The zero-order chi connectivity index (χ0) is 34.7. The quantitative estimate of drug-likeness (QED) is 0.122. The van der Waals surface area contributed by atoms with E-state index in [0.717, 1.165) is 18.3 Å². The topological polar surface area (TPSA) is 144 Å². The number of rotatable bonds is 15. The highest BCUT2D eigenvalue weighted by atomic mass is 16.5. The van der Waals surface area contributed by atoms with Gasteiger partial charge in [0.2, 0.25) is 11.7 Å². The number of hydrogen-bond donors (Lipinski definition) is 2. The number of esters is 1. The van der Waals surface area contributed by atoms with Crippen molar-refractivity contribution in [3.8, 4) is 5.75 Å². The summed E-state index contributed by atoms with van der Waals surface area (Å²) in [6, 6.07) is 16.8. The van der Waals surface area contributed by atoms with Crippen LogP contribution in [-0.4, -0.2) is 66.0 Å². The first kappa shape index (κ1) is 35.8.